The molecule has 0 aromatic heterocycles. The monoisotopic (exact) mass is 274 g/mol. The van der Waals surface area contributed by atoms with Gasteiger partial charge in [-0.15, -0.1) is 0 Å². The van der Waals surface area contributed by atoms with Crippen molar-refractivity contribution in [1.82, 2.24) is 0 Å². The Kier molecular flexibility index (Phi) is 4.69. The van der Waals surface area contributed by atoms with E-state index < -0.39 is 0 Å². The number of aryl methyl sites for hydroxylation is 1. The highest BCUT2D eigenvalue weighted by Crippen LogP contribution is 2.31. The smallest absolute Gasteiger partial charge is 0.221 e. The minimum atomic E-state index is -0.0228. The molecule has 1 saturated carbocycles. The van der Waals surface area contributed by atoms with Crippen molar-refractivity contribution in [3.63, 3.8) is 0 Å². The van der Waals surface area contributed by atoms with E-state index in [0.29, 0.717) is 6.04 Å². The third-order valence-electron chi connectivity index (χ3n) is 4.52. The number of carbonyl (C=O) groups is 1. The van der Waals surface area contributed by atoms with Gasteiger partial charge in [0.15, 0.2) is 0 Å². The fourth-order valence-electron chi connectivity index (χ4n) is 2.95. The number of carbonyl (C=O) groups excluding carboxylic acids is 1. The van der Waals surface area contributed by atoms with Crippen LogP contribution in [0.25, 0.3) is 0 Å². The van der Waals surface area contributed by atoms with Crippen LogP contribution < -0.4 is 10.6 Å². The molecule has 20 heavy (non-hydrogen) atoms. The van der Waals surface area contributed by atoms with Gasteiger partial charge in [-0.25, -0.2) is 0 Å². The summed E-state index contributed by atoms with van der Waals surface area (Å²) in [5.74, 6) is 1.59. The highest BCUT2D eigenvalue weighted by molar-refractivity contribution is 5.90. The van der Waals surface area contributed by atoms with Crippen LogP contribution in [0.5, 0.6) is 0 Å². The Hall–Kier alpha value is -1.51. The van der Waals surface area contributed by atoms with Gasteiger partial charge in [0.2, 0.25) is 5.91 Å². The van der Waals surface area contributed by atoms with Crippen LogP contribution in [0.15, 0.2) is 18.2 Å². The molecule has 1 aromatic carbocycles. The molecule has 0 bridgehead atoms. The molecule has 2 rings (SSSR count). The highest BCUT2D eigenvalue weighted by Gasteiger charge is 2.24. The lowest BCUT2D eigenvalue weighted by molar-refractivity contribution is -0.114. The SMILES string of the molecule is CC(=O)Nc1cc(NC2CCC(C)C(C)C2)ccc1C. The molecule has 3 heteroatoms. The summed E-state index contributed by atoms with van der Waals surface area (Å²) < 4.78 is 0. The molecule has 110 valence electrons. The quantitative estimate of drug-likeness (QED) is 0.867. The predicted molar refractivity (Wildman–Crippen MR) is 85.1 cm³/mol. The first-order valence-electron chi connectivity index (χ1n) is 7.60. The largest absolute Gasteiger partial charge is 0.382 e. The number of nitrogens with one attached hydrogen (secondary N) is 2. The van der Waals surface area contributed by atoms with Crippen LogP contribution in [0.1, 0.15) is 45.6 Å². The van der Waals surface area contributed by atoms with E-state index in [-0.39, 0.29) is 5.91 Å². The molecule has 0 radical (unpaired) electrons. The maximum absolute atomic E-state index is 11.2. The van der Waals surface area contributed by atoms with Crippen molar-refractivity contribution in [3.05, 3.63) is 23.8 Å². The van der Waals surface area contributed by atoms with Crippen molar-refractivity contribution in [2.24, 2.45) is 11.8 Å². The molecule has 2 N–H and O–H groups in total. The van der Waals surface area contributed by atoms with Gasteiger partial charge in [0.25, 0.3) is 0 Å². The normalized spacial score (nSPS) is 26.1. The average molecular weight is 274 g/mol. The fourth-order valence-corrected chi connectivity index (χ4v) is 2.95. The number of hydrogen-bond acceptors (Lipinski definition) is 2. The molecule has 3 atom stereocenters. The minimum Gasteiger partial charge on any atom is -0.382 e. The van der Waals surface area contributed by atoms with Crippen LogP contribution >= 0.6 is 0 Å². The summed E-state index contributed by atoms with van der Waals surface area (Å²) in [5.41, 5.74) is 3.10. The summed E-state index contributed by atoms with van der Waals surface area (Å²) in [6, 6.07) is 6.75. The van der Waals surface area contributed by atoms with Crippen molar-refractivity contribution in [2.45, 2.75) is 53.0 Å². The molecule has 1 aliphatic rings. The Bertz CT molecular complexity index is 484. The first-order chi connectivity index (χ1) is 9.45. The van der Waals surface area contributed by atoms with E-state index >= 15 is 0 Å². The van der Waals surface area contributed by atoms with Crippen molar-refractivity contribution in [1.29, 1.82) is 0 Å². The van der Waals surface area contributed by atoms with Crippen LogP contribution in [0.3, 0.4) is 0 Å². The first kappa shape index (κ1) is 14.9. The van der Waals surface area contributed by atoms with E-state index in [9.17, 15) is 4.79 Å². The Labute approximate surface area is 122 Å². The van der Waals surface area contributed by atoms with E-state index in [0.717, 1.165) is 28.8 Å². The second-order valence-electron chi connectivity index (χ2n) is 6.32. The van der Waals surface area contributed by atoms with E-state index in [4.69, 9.17) is 0 Å². The summed E-state index contributed by atoms with van der Waals surface area (Å²) in [6.45, 7) is 8.25. The van der Waals surface area contributed by atoms with Crippen LogP contribution in [0.2, 0.25) is 0 Å². The summed E-state index contributed by atoms with van der Waals surface area (Å²) in [7, 11) is 0. The van der Waals surface area contributed by atoms with Gasteiger partial charge in [-0.05, 0) is 55.7 Å². The number of amides is 1. The molecule has 3 nitrogen and oxygen atoms in total. The molecule has 1 aliphatic carbocycles. The Morgan fingerprint density at radius 1 is 1.20 bits per heavy atom. The van der Waals surface area contributed by atoms with E-state index in [1.165, 1.54) is 19.3 Å². The summed E-state index contributed by atoms with van der Waals surface area (Å²) in [4.78, 5) is 11.2. The van der Waals surface area contributed by atoms with Gasteiger partial charge < -0.3 is 10.6 Å². The van der Waals surface area contributed by atoms with Crippen LogP contribution in [0.4, 0.5) is 11.4 Å². The third kappa shape index (κ3) is 3.75. The fraction of sp³-hybridized carbons (Fsp3) is 0.588. The topological polar surface area (TPSA) is 41.1 Å². The van der Waals surface area contributed by atoms with Gasteiger partial charge in [-0.2, -0.15) is 0 Å². The van der Waals surface area contributed by atoms with Crippen molar-refractivity contribution < 1.29 is 4.79 Å². The molecule has 0 saturated heterocycles. The molecule has 1 aromatic rings. The van der Waals surface area contributed by atoms with Gasteiger partial charge in [0.1, 0.15) is 0 Å². The standard InChI is InChI=1S/C17H26N2O/c1-11-5-7-15(9-13(11)3)19-16-8-6-12(2)17(10-16)18-14(4)20/h6,8,10-11,13,15,19H,5,7,9H2,1-4H3,(H,18,20). The zero-order valence-electron chi connectivity index (χ0n) is 13.0. The molecule has 3 unspecified atom stereocenters. The van der Waals surface area contributed by atoms with Gasteiger partial charge in [-0.3, -0.25) is 4.79 Å². The Balaban J connectivity index is 2.04. The van der Waals surface area contributed by atoms with Gasteiger partial charge in [0, 0.05) is 24.3 Å². The van der Waals surface area contributed by atoms with Crippen LogP contribution in [0, 0.1) is 18.8 Å². The molecule has 0 aliphatic heterocycles. The Morgan fingerprint density at radius 3 is 2.60 bits per heavy atom. The zero-order valence-corrected chi connectivity index (χ0v) is 13.0. The lowest BCUT2D eigenvalue weighted by Gasteiger charge is -2.33. The summed E-state index contributed by atoms with van der Waals surface area (Å²) in [5, 5.41) is 6.51. The zero-order chi connectivity index (χ0) is 14.7. The second-order valence-corrected chi connectivity index (χ2v) is 6.32. The van der Waals surface area contributed by atoms with Gasteiger partial charge in [-0.1, -0.05) is 19.9 Å². The maximum Gasteiger partial charge on any atom is 0.221 e. The number of anilines is 2. The molecule has 1 amide bonds. The highest BCUT2D eigenvalue weighted by atomic mass is 16.1. The molecule has 1 fully saturated rings. The lowest BCUT2D eigenvalue weighted by atomic mass is 9.79. The van der Waals surface area contributed by atoms with Gasteiger partial charge in [0.05, 0.1) is 0 Å². The molecule has 0 spiro atoms. The lowest BCUT2D eigenvalue weighted by Crippen LogP contribution is -2.30. The van der Waals surface area contributed by atoms with E-state index in [2.05, 4.69) is 36.6 Å². The predicted octanol–water partition coefficient (Wildman–Crippen LogP) is 4.19. The summed E-state index contributed by atoms with van der Waals surface area (Å²) in [6.07, 6.45) is 3.75. The van der Waals surface area contributed by atoms with Crippen LogP contribution in [-0.4, -0.2) is 11.9 Å². The Morgan fingerprint density at radius 2 is 1.95 bits per heavy atom. The van der Waals surface area contributed by atoms with Gasteiger partial charge >= 0.3 is 0 Å². The third-order valence-corrected chi connectivity index (χ3v) is 4.52. The summed E-state index contributed by atoms with van der Waals surface area (Å²) >= 11 is 0. The molecule has 0 heterocycles. The number of rotatable bonds is 3. The van der Waals surface area contributed by atoms with Crippen molar-refractivity contribution in [3.8, 4) is 0 Å². The molecular weight excluding hydrogens is 248 g/mol. The average Bonchev–Trinajstić information content (AvgIpc) is 2.37. The first-order valence-corrected chi connectivity index (χ1v) is 7.60. The minimum absolute atomic E-state index is 0.0228. The van der Waals surface area contributed by atoms with E-state index in [1.54, 1.807) is 6.92 Å². The maximum atomic E-state index is 11.2. The second kappa shape index (κ2) is 6.29. The van der Waals surface area contributed by atoms with Crippen molar-refractivity contribution >= 4 is 17.3 Å². The van der Waals surface area contributed by atoms with E-state index in [1.807, 2.05) is 13.0 Å². The van der Waals surface area contributed by atoms with Crippen molar-refractivity contribution in [2.75, 3.05) is 10.6 Å². The number of hydrogen-bond donors (Lipinski definition) is 2. The van der Waals surface area contributed by atoms with Crippen LogP contribution in [-0.2, 0) is 4.79 Å². The molecular formula is C17H26N2O. The number of benzene rings is 1.